The third kappa shape index (κ3) is 5.10. The third-order valence-corrected chi connectivity index (χ3v) is 6.71. The second-order valence-electron chi connectivity index (χ2n) is 7.55. The highest BCUT2D eigenvalue weighted by Crippen LogP contribution is 2.44. The molecule has 3 atom stereocenters. The van der Waals surface area contributed by atoms with Crippen LogP contribution in [0.15, 0.2) is 95.1 Å². The smallest absolute Gasteiger partial charge is 0.339 e. The van der Waals surface area contributed by atoms with Crippen molar-refractivity contribution in [3.05, 3.63) is 113 Å². The fourth-order valence-corrected chi connectivity index (χ4v) is 5.09. The minimum Gasteiger partial charge on any atom is -0.510 e. The molecule has 0 saturated carbocycles. The summed E-state index contributed by atoms with van der Waals surface area (Å²) in [7, 11) is 0. The summed E-state index contributed by atoms with van der Waals surface area (Å²) < 4.78 is 32.5. The number of hydrogen-bond donors (Lipinski definition) is 2. The molecule has 4 rings (SSSR count). The second-order valence-corrected chi connectivity index (χ2v) is 8.77. The van der Waals surface area contributed by atoms with Crippen LogP contribution in [0.1, 0.15) is 30.1 Å². The van der Waals surface area contributed by atoms with Gasteiger partial charge in [-0.1, -0.05) is 42.5 Å². The summed E-state index contributed by atoms with van der Waals surface area (Å²) in [5, 5.41) is 14.3. The molecule has 4 nitrogen and oxygen atoms in total. The van der Waals surface area contributed by atoms with Crippen molar-refractivity contribution in [1.82, 2.24) is 5.32 Å². The minimum atomic E-state index is -0.743. The molecule has 0 bridgehead atoms. The van der Waals surface area contributed by atoms with Crippen LogP contribution in [0, 0.1) is 11.6 Å². The zero-order chi connectivity index (χ0) is 23.4. The Morgan fingerprint density at radius 2 is 1.52 bits per heavy atom. The number of ether oxygens (including phenoxy) is 1. The number of hydrogen-bond acceptors (Lipinski definition) is 5. The molecule has 2 N–H and O–H groups in total. The average molecular weight is 468 g/mol. The van der Waals surface area contributed by atoms with E-state index < -0.39 is 29.1 Å². The van der Waals surface area contributed by atoms with Gasteiger partial charge in [-0.15, -0.1) is 11.8 Å². The Bertz CT molecular complexity index is 1130. The van der Waals surface area contributed by atoms with E-state index in [0.29, 0.717) is 5.56 Å². The summed E-state index contributed by atoms with van der Waals surface area (Å²) in [6, 6.07) is 20.0. The van der Waals surface area contributed by atoms with Crippen molar-refractivity contribution >= 4 is 17.7 Å². The van der Waals surface area contributed by atoms with Gasteiger partial charge in [-0.05, 0) is 54.4 Å². The maximum absolute atomic E-state index is 13.6. The lowest BCUT2D eigenvalue weighted by Crippen LogP contribution is -2.43. The van der Waals surface area contributed by atoms with Crippen LogP contribution >= 0.6 is 11.8 Å². The molecule has 0 aromatic heterocycles. The van der Waals surface area contributed by atoms with Crippen molar-refractivity contribution in [3.8, 4) is 0 Å². The Morgan fingerprint density at radius 1 is 0.939 bits per heavy atom. The highest BCUT2D eigenvalue weighted by Gasteiger charge is 2.42. The van der Waals surface area contributed by atoms with Crippen LogP contribution < -0.4 is 5.32 Å². The molecule has 0 unspecified atom stereocenters. The predicted octanol–water partition coefficient (Wildman–Crippen LogP) is 5.89. The van der Waals surface area contributed by atoms with Gasteiger partial charge >= 0.3 is 5.97 Å². The topological polar surface area (TPSA) is 58.6 Å². The van der Waals surface area contributed by atoms with Gasteiger partial charge in [-0.2, -0.15) is 0 Å². The van der Waals surface area contributed by atoms with Crippen LogP contribution in [-0.2, 0) is 9.53 Å². The van der Waals surface area contributed by atoms with Crippen molar-refractivity contribution in [3.63, 3.8) is 0 Å². The number of thioether (sulfide) groups is 1. The Balaban J connectivity index is 1.85. The minimum absolute atomic E-state index is 0.0789. The molecule has 1 aliphatic rings. The molecule has 0 saturated heterocycles. The van der Waals surface area contributed by atoms with E-state index in [1.165, 1.54) is 36.0 Å². The SMILES string of the molecule is CCOC(=O)C1=C(O)[C@@H](Sc2ccccc2)[C@H](c2ccc(F)cc2)N[C@H]1c1ccc(F)cc1. The van der Waals surface area contributed by atoms with E-state index >= 15 is 0 Å². The first kappa shape index (κ1) is 23.0. The largest absolute Gasteiger partial charge is 0.510 e. The monoisotopic (exact) mass is 467 g/mol. The summed E-state index contributed by atoms with van der Waals surface area (Å²) in [5.41, 5.74) is 1.42. The van der Waals surface area contributed by atoms with E-state index in [9.17, 15) is 18.7 Å². The van der Waals surface area contributed by atoms with Crippen LogP contribution in [0.3, 0.4) is 0 Å². The van der Waals surface area contributed by atoms with Gasteiger partial charge in [0.05, 0.1) is 29.5 Å². The highest BCUT2D eigenvalue weighted by molar-refractivity contribution is 8.00. The fourth-order valence-electron chi connectivity index (χ4n) is 3.87. The lowest BCUT2D eigenvalue weighted by molar-refractivity contribution is -0.139. The third-order valence-electron chi connectivity index (χ3n) is 5.42. The number of halogens is 2. The number of esters is 1. The van der Waals surface area contributed by atoms with Crippen molar-refractivity contribution in [1.29, 1.82) is 0 Å². The Kier molecular flexibility index (Phi) is 7.11. The zero-order valence-electron chi connectivity index (χ0n) is 17.9. The van der Waals surface area contributed by atoms with Gasteiger partial charge in [0.25, 0.3) is 0 Å². The lowest BCUT2D eigenvalue weighted by atomic mass is 9.87. The molecular weight excluding hydrogens is 444 g/mol. The molecule has 3 aromatic rings. The highest BCUT2D eigenvalue weighted by atomic mass is 32.2. The normalized spacial score (nSPS) is 20.5. The van der Waals surface area contributed by atoms with Crippen LogP contribution in [0.4, 0.5) is 8.78 Å². The summed E-state index contributed by atoms with van der Waals surface area (Å²) in [5.74, 6) is -1.55. The molecule has 0 aliphatic carbocycles. The van der Waals surface area contributed by atoms with E-state index in [2.05, 4.69) is 5.32 Å². The zero-order valence-corrected chi connectivity index (χ0v) is 18.7. The quantitative estimate of drug-likeness (QED) is 0.443. The van der Waals surface area contributed by atoms with Crippen LogP contribution in [0.25, 0.3) is 0 Å². The number of rotatable bonds is 6. The van der Waals surface area contributed by atoms with Crippen LogP contribution in [-0.4, -0.2) is 22.9 Å². The maximum atomic E-state index is 13.6. The molecule has 0 amide bonds. The second kappa shape index (κ2) is 10.2. The van der Waals surface area contributed by atoms with E-state index in [0.717, 1.165) is 10.5 Å². The number of aliphatic hydroxyl groups excluding tert-OH is 1. The fraction of sp³-hybridized carbons (Fsp3) is 0.192. The first-order valence-electron chi connectivity index (χ1n) is 10.6. The number of carbonyl (C=O) groups excluding carboxylic acids is 1. The molecule has 33 heavy (non-hydrogen) atoms. The van der Waals surface area contributed by atoms with E-state index in [-0.39, 0.29) is 23.8 Å². The van der Waals surface area contributed by atoms with Crippen molar-refractivity contribution < 1.29 is 23.4 Å². The van der Waals surface area contributed by atoms with Gasteiger partial charge in [-0.3, -0.25) is 5.32 Å². The van der Waals surface area contributed by atoms with E-state index in [1.807, 2.05) is 30.3 Å². The Morgan fingerprint density at radius 3 is 2.09 bits per heavy atom. The molecule has 7 heteroatoms. The summed E-state index contributed by atoms with van der Waals surface area (Å²) in [6.07, 6.45) is 0. The number of carbonyl (C=O) groups is 1. The van der Waals surface area contributed by atoms with E-state index in [1.54, 1.807) is 31.2 Å². The number of benzene rings is 3. The first-order valence-corrected chi connectivity index (χ1v) is 11.4. The molecule has 3 aromatic carbocycles. The molecule has 170 valence electrons. The van der Waals surface area contributed by atoms with Gasteiger partial charge < -0.3 is 9.84 Å². The van der Waals surface area contributed by atoms with Crippen molar-refractivity contribution in [2.45, 2.75) is 29.2 Å². The van der Waals surface area contributed by atoms with E-state index in [4.69, 9.17) is 4.74 Å². The molecule has 0 spiro atoms. The molecule has 1 heterocycles. The number of aliphatic hydroxyl groups is 1. The first-order chi connectivity index (χ1) is 16.0. The number of nitrogens with one attached hydrogen (secondary N) is 1. The van der Waals surface area contributed by atoms with Gasteiger partial charge in [0.1, 0.15) is 17.4 Å². The van der Waals surface area contributed by atoms with Crippen molar-refractivity contribution in [2.75, 3.05) is 6.61 Å². The lowest BCUT2D eigenvalue weighted by Gasteiger charge is -2.38. The summed E-state index contributed by atoms with van der Waals surface area (Å²) in [6.45, 7) is 1.83. The molecule has 0 radical (unpaired) electrons. The summed E-state index contributed by atoms with van der Waals surface area (Å²) in [4.78, 5) is 13.8. The van der Waals surface area contributed by atoms with Crippen LogP contribution in [0.2, 0.25) is 0 Å². The Hall–Kier alpha value is -3.16. The van der Waals surface area contributed by atoms with Gasteiger partial charge in [0, 0.05) is 4.90 Å². The predicted molar refractivity (Wildman–Crippen MR) is 124 cm³/mol. The Labute approximate surface area is 195 Å². The van der Waals surface area contributed by atoms with Gasteiger partial charge in [-0.25, -0.2) is 13.6 Å². The van der Waals surface area contributed by atoms with Crippen molar-refractivity contribution in [2.24, 2.45) is 0 Å². The maximum Gasteiger partial charge on any atom is 0.339 e. The van der Waals surface area contributed by atoms with Crippen LogP contribution in [0.5, 0.6) is 0 Å². The molecule has 1 aliphatic heterocycles. The summed E-state index contributed by atoms with van der Waals surface area (Å²) >= 11 is 1.39. The molecular formula is C26H23F2NO3S. The average Bonchev–Trinajstić information content (AvgIpc) is 2.82. The van der Waals surface area contributed by atoms with Gasteiger partial charge in [0.2, 0.25) is 0 Å². The van der Waals surface area contributed by atoms with Gasteiger partial charge in [0.15, 0.2) is 0 Å². The molecule has 0 fully saturated rings. The standard InChI is InChI=1S/C26H23F2NO3S/c1-2-32-26(31)21-22(16-8-12-18(27)13-9-16)29-23(17-10-14-19(28)15-11-17)25(24(21)30)33-20-6-4-3-5-7-20/h3-15,22-23,25,29-30H,2H2,1H3/t22-,23-,25-/m0/s1.